The van der Waals surface area contributed by atoms with E-state index >= 15 is 0 Å². The van der Waals surface area contributed by atoms with E-state index in [9.17, 15) is 14.4 Å². The molecule has 1 aliphatic heterocycles. The number of esters is 2. The van der Waals surface area contributed by atoms with Gasteiger partial charge in [0.15, 0.2) is 0 Å². The molecule has 61 heavy (non-hydrogen) atoms. The second-order valence-corrected chi connectivity index (χ2v) is 20.2. The maximum atomic E-state index is 13.4. The molecule has 0 aromatic rings. The van der Waals surface area contributed by atoms with Crippen molar-refractivity contribution in [2.24, 2.45) is 11.8 Å². The lowest BCUT2D eigenvalue weighted by Gasteiger charge is -2.35. The summed E-state index contributed by atoms with van der Waals surface area (Å²) in [4.78, 5) is 44.4. The number of ether oxygens (including phenoxy) is 4. The van der Waals surface area contributed by atoms with E-state index in [1.807, 2.05) is 0 Å². The molecule has 0 aromatic heterocycles. The number of rotatable bonds is 43. The predicted octanol–water partition coefficient (Wildman–Crippen LogP) is 13.8. The van der Waals surface area contributed by atoms with E-state index in [-0.39, 0.29) is 56.7 Å². The highest BCUT2D eigenvalue weighted by Gasteiger charge is 2.24. The molecule has 1 fully saturated rings. The third kappa shape index (κ3) is 32.2. The molecule has 1 saturated heterocycles. The van der Waals surface area contributed by atoms with Crippen LogP contribution in [0.2, 0.25) is 0 Å². The first-order valence-corrected chi connectivity index (χ1v) is 28.2. The Hall–Kier alpha value is -1.17. The Morgan fingerprint density at radius 2 is 0.984 bits per heavy atom. The Labute approximate surface area is 384 Å². The first-order chi connectivity index (χ1) is 29.9. The molecule has 0 bridgehead atoms. The summed E-state index contributed by atoms with van der Waals surface area (Å²) in [6.45, 7) is 15.7. The van der Waals surface area contributed by atoms with E-state index in [2.05, 4.69) is 39.5 Å². The van der Waals surface area contributed by atoms with Gasteiger partial charge in [0.25, 0.3) is 0 Å². The van der Waals surface area contributed by atoms with Crippen LogP contribution in [0.1, 0.15) is 214 Å². The molecule has 360 valence electrons. The van der Waals surface area contributed by atoms with Crippen LogP contribution in [0.15, 0.2) is 0 Å². The van der Waals surface area contributed by atoms with Crippen LogP contribution in [0.4, 0.5) is 4.79 Å². The number of likely N-dealkylation sites (tertiary alicyclic amines) is 1. The van der Waals surface area contributed by atoms with Crippen LogP contribution < -0.4 is 0 Å². The largest absolute Gasteiger partial charge is 0.464 e. The van der Waals surface area contributed by atoms with Crippen LogP contribution in [0.3, 0.4) is 0 Å². The smallest absolute Gasteiger partial charge is 0.410 e. The molecule has 0 saturated carbocycles. The van der Waals surface area contributed by atoms with Crippen molar-refractivity contribution in [3.8, 4) is 0 Å². The molecule has 1 heterocycles. The summed E-state index contributed by atoms with van der Waals surface area (Å²) >= 11 is 0. The maximum absolute atomic E-state index is 13.4. The van der Waals surface area contributed by atoms with E-state index in [4.69, 9.17) is 18.9 Å². The van der Waals surface area contributed by atoms with Gasteiger partial charge in [0, 0.05) is 24.1 Å². The first kappa shape index (κ1) is 57.8. The van der Waals surface area contributed by atoms with Gasteiger partial charge in [-0.1, -0.05) is 191 Å². The summed E-state index contributed by atoms with van der Waals surface area (Å²) in [7, 11) is 3.42. The second kappa shape index (κ2) is 42.8. The van der Waals surface area contributed by atoms with Crippen molar-refractivity contribution in [1.82, 2.24) is 9.80 Å². The number of amides is 1. The average Bonchev–Trinajstić information content (AvgIpc) is 3.27. The first-order valence-electron chi connectivity index (χ1n) is 25.7. The van der Waals surface area contributed by atoms with Gasteiger partial charge in [-0.05, 0) is 51.5 Å². The van der Waals surface area contributed by atoms with E-state index in [1.54, 1.807) is 26.5 Å². The number of nitrogens with zero attached hydrogens (tertiary/aromatic N) is 2. The number of unbranched alkanes of at least 4 members (excludes halogenated alkanes) is 16. The molecule has 1 aliphatic rings. The number of hydrogen-bond donors (Lipinski definition) is 0. The monoisotopic (exact) mass is 901 g/mol. The molecule has 3 unspecified atom stereocenters. The zero-order chi connectivity index (χ0) is 44.4. The van der Waals surface area contributed by atoms with Crippen LogP contribution >= 0.6 is 21.6 Å². The Balaban J connectivity index is 2.70. The number of carbonyl (C=O) groups is 3. The molecule has 0 aromatic carbocycles. The Bertz CT molecular complexity index is 974. The predicted molar refractivity (Wildman–Crippen MR) is 261 cm³/mol. The van der Waals surface area contributed by atoms with Crippen molar-refractivity contribution in [1.29, 1.82) is 0 Å². The fourth-order valence-electron chi connectivity index (χ4n) is 8.35. The molecule has 11 heteroatoms. The van der Waals surface area contributed by atoms with E-state index < -0.39 is 6.09 Å². The Kier molecular flexibility index (Phi) is 40.6. The summed E-state index contributed by atoms with van der Waals surface area (Å²) in [5.41, 5.74) is 0. The minimum Gasteiger partial charge on any atom is -0.464 e. The van der Waals surface area contributed by atoms with Gasteiger partial charge in [-0.15, -0.1) is 0 Å². The minimum atomic E-state index is -0.462. The van der Waals surface area contributed by atoms with Crippen molar-refractivity contribution in [2.75, 3.05) is 70.7 Å². The highest BCUT2D eigenvalue weighted by Crippen LogP contribution is 2.24. The molecule has 0 radical (unpaired) electrons. The van der Waals surface area contributed by atoms with Crippen LogP contribution in [0.25, 0.3) is 0 Å². The van der Waals surface area contributed by atoms with Crippen molar-refractivity contribution < 1.29 is 33.3 Å². The van der Waals surface area contributed by atoms with Gasteiger partial charge in [-0.3, -0.25) is 14.5 Å². The van der Waals surface area contributed by atoms with Crippen molar-refractivity contribution in [3.63, 3.8) is 0 Å². The number of carbonyl (C=O) groups excluding carboxylic acids is 3. The van der Waals surface area contributed by atoms with Gasteiger partial charge in [-0.2, -0.15) is 0 Å². The molecular formula is C50H96N2O7S2. The quantitative estimate of drug-likeness (QED) is 0.0255. The van der Waals surface area contributed by atoms with E-state index in [1.165, 1.54) is 96.4 Å². The lowest BCUT2D eigenvalue weighted by molar-refractivity contribution is -0.149. The third-order valence-electron chi connectivity index (χ3n) is 12.3. The van der Waals surface area contributed by atoms with Gasteiger partial charge in [0.2, 0.25) is 0 Å². The minimum absolute atomic E-state index is 0.101. The van der Waals surface area contributed by atoms with Crippen LogP contribution in [0, 0.1) is 11.8 Å². The average molecular weight is 901 g/mol. The zero-order valence-corrected chi connectivity index (χ0v) is 42.0. The van der Waals surface area contributed by atoms with Gasteiger partial charge < -0.3 is 23.8 Å². The summed E-state index contributed by atoms with van der Waals surface area (Å²) in [6.07, 6.45) is 31.5. The number of hydrogen-bond acceptors (Lipinski definition) is 10. The second-order valence-electron chi connectivity index (χ2n) is 17.5. The third-order valence-corrected chi connectivity index (χ3v) is 14.6. The summed E-state index contributed by atoms with van der Waals surface area (Å²) < 4.78 is 23.4. The van der Waals surface area contributed by atoms with Crippen molar-refractivity contribution >= 4 is 39.6 Å². The molecule has 3 atom stereocenters. The summed E-state index contributed by atoms with van der Waals surface area (Å²) in [6, 6.07) is 0.709. The molecule has 0 N–H and O–H groups in total. The van der Waals surface area contributed by atoms with Crippen LogP contribution in [-0.2, 0) is 28.5 Å². The standard InChI is InChI=1S/C50H96N2O7S2/c1-6-11-15-19-21-25-31-45(29-23-17-13-8-3)48(53)57-39-36-52(37-40-58-49(54)46(30-24-18-14-9-4)32-26-22-20-16-12-7-2)50(55)59-42-44-61-60-43-41-56-38-35-51-34-28-27-33-47(51)10-5/h45-47H,6-44H2,1-5H3. The molecule has 0 spiro atoms. The lowest BCUT2D eigenvalue weighted by Crippen LogP contribution is -2.41. The number of piperidine rings is 1. The Morgan fingerprint density at radius 3 is 1.46 bits per heavy atom. The van der Waals surface area contributed by atoms with Crippen LogP contribution in [-0.4, -0.2) is 105 Å². The fraction of sp³-hybridized carbons (Fsp3) is 0.940. The highest BCUT2D eigenvalue weighted by molar-refractivity contribution is 8.76. The molecule has 1 rings (SSSR count). The Morgan fingerprint density at radius 1 is 0.541 bits per heavy atom. The van der Waals surface area contributed by atoms with Gasteiger partial charge in [0.05, 0.1) is 38.1 Å². The summed E-state index contributed by atoms with van der Waals surface area (Å²) in [5, 5.41) is 0. The SMILES string of the molecule is CCCCCCCCC(CCCCCC)C(=O)OCCN(CCOC(=O)C(CCCCCC)CCCCCCCC)C(=O)OCCSSCCOCCN1CCCCC1CC. The van der Waals surface area contributed by atoms with E-state index in [0.717, 1.165) is 109 Å². The van der Waals surface area contributed by atoms with Gasteiger partial charge in [-0.25, -0.2) is 4.79 Å². The van der Waals surface area contributed by atoms with Crippen molar-refractivity contribution in [3.05, 3.63) is 0 Å². The molecule has 9 nitrogen and oxygen atoms in total. The van der Waals surface area contributed by atoms with Gasteiger partial charge >= 0.3 is 18.0 Å². The topological polar surface area (TPSA) is 94.6 Å². The zero-order valence-electron chi connectivity index (χ0n) is 40.4. The van der Waals surface area contributed by atoms with Crippen LogP contribution in [0.5, 0.6) is 0 Å². The highest BCUT2D eigenvalue weighted by atomic mass is 33.1. The molecular weight excluding hydrogens is 805 g/mol. The maximum Gasteiger partial charge on any atom is 0.410 e. The molecule has 1 amide bonds. The molecule has 0 aliphatic carbocycles. The van der Waals surface area contributed by atoms with Crippen molar-refractivity contribution in [2.45, 2.75) is 220 Å². The fourth-order valence-corrected chi connectivity index (χ4v) is 10.0. The van der Waals surface area contributed by atoms with E-state index in [0.29, 0.717) is 18.4 Å². The normalized spacial score (nSPS) is 15.4. The lowest BCUT2D eigenvalue weighted by atomic mass is 9.94. The van der Waals surface area contributed by atoms with Gasteiger partial charge in [0.1, 0.15) is 19.8 Å². The summed E-state index contributed by atoms with van der Waals surface area (Å²) in [5.74, 6) is 1.03.